The number of thioether (sulfide) groups is 1. The monoisotopic (exact) mass is 522 g/mol. The van der Waals surface area contributed by atoms with Gasteiger partial charge in [-0.25, -0.2) is 9.79 Å². The van der Waals surface area contributed by atoms with Gasteiger partial charge in [-0.05, 0) is 65.9 Å². The van der Waals surface area contributed by atoms with Crippen molar-refractivity contribution >= 4 is 52.2 Å². The van der Waals surface area contributed by atoms with Gasteiger partial charge in [-0.2, -0.15) is 0 Å². The minimum Gasteiger partial charge on any atom is -0.493 e. The van der Waals surface area contributed by atoms with Crippen LogP contribution in [0.25, 0.3) is 6.08 Å². The number of hydrogen-bond donors (Lipinski definition) is 0. The van der Waals surface area contributed by atoms with Crippen molar-refractivity contribution < 1.29 is 23.8 Å². The normalized spacial score (nSPS) is 15.4. The van der Waals surface area contributed by atoms with E-state index >= 15 is 0 Å². The van der Waals surface area contributed by atoms with E-state index in [9.17, 15) is 9.59 Å². The molecule has 0 unspecified atom stereocenters. The van der Waals surface area contributed by atoms with Gasteiger partial charge in [-0.3, -0.25) is 9.69 Å². The lowest BCUT2D eigenvalue weighted by Crippen LogP contribution is -2.23. The molecule has 1 heterocycles. The molecule has 1 fully saturated rings. The molecule has 3 aromatic rings. The van der Waals surface area contributed by atoms with E-state index < -0.39 is 5.97 Å². The van der Waals surface area contributed by atoms with Crippen molar-refractivity contribution in [1.29, 1.82) is 0 Å². The van der Waals surface area contributed by atoms with Gasteiger partial charge in [-0.15, -0.1) is 0 Å². The molecule has 0 aromatic heterocycles. The molecule has 7 nitrogen and oxygen atoms in total. The number of carbonyl (C=O) groups is 2. The molecule has 184 valence electrons. The number of benzene rings is 3. The van der Waals surface area contributed by atoms with Gasteiger partial charge in [0.05, 0.1) is 30.4 Å². The highest BCUT2D eigenvalue weighted by atomic mass is 35.5. The fourth-order valence-corrected chi connectivity index (χ4v) is 4.54. The maximum Gasteiger partial charge on any atom is 0.337 e. The molecular formula is C27H23ClN2O5S. The number of likely N-dealkylation sites (N-methyl/N-ethyl adjacent to an activating group) is 1. The number of halogens is 1. The topological polar surface area (TPSA) is 77.4 Å². The average Bonchev–Trinajstić information content (AvgIpc) is 3.16. The Kier molecular flexibility index (Phi) is 7.97. The third-order valence-electron chi connectivity index (χ3n) is 5.34. The second-order valence-corrected chi connectivity index (χ2v) is 9.11. The summed E-state index contributed by atoms with van der Waals surface area (Å²) in [7, 11) is 4.56. The number of nitrogens with zero attached hydrogens (tertiary/aromatic N) is 2. The maximum absolute atomic E-state index is 12.8. The molecular weight excluding hydrogens is 500 g/mol. The number of amides is 1. The van der Waals surface area contributed by atoms with Gasteiger partial charge >= 0.3 is 5.97 Å². The summed E-state index contributed by atoms with van der Waals surface area (Å²) in [5, 5.41) is 1.17. The van der Waals surface area contributed by atoms with Crippen molar-refractivity contribution in [1.82, 2.24) is 4.90 Å². The van der Waals surface area contributed by atoms with Crippen LogP contribution in [-0.2, 0) is 16.1 Å². The Morgan fingerprint density at radius 2 is 1.81 bits per heavy atom. The molecule has 0 radical (unpaired) electrons. The number of amidine groups is 1. The number of carbonyl (C=O) groups excluding carboxylic acids is 2. The van der Waals surface area contributed by atoms with Gasteiger partial charge in [-0.1, -0.05) is 35.9 Å². The molecule has 1 aliphatic rings. The third kappa shape index (κ3) is 5.72. The van der Waals surface area contributed by atoms with E-state index in [1.807, 2.05) is 36.4 Å². The highest BCUT2D eigenvalue weighted by Gasteiger charge is 2.30. The Morgan fingerprint density at radius 1 is 1.06 bits per heavy atom. The Balaban J connectivity index is 1.51. The van der Waals surface area contributed by atoms with Gasteiger partial charge in [0, 0.05) is 17.6 Å². The lowest BCUT2D eigenvalue weighted by Gasteiger charge is -2.12. The first-order valence-corrected chi connectivity index (χ1v) is 12.1. The van der Waals surface area contributed by atoms with Crippen LogP contribution in [0.2, 0.25) is 5.02 Å². The molecule has 1 saturated heterocycles. The SMILES string of the molecule is COC(=O)c1ccc(N=C2S/C(=C\c3ccc(OCc4ccccc4Cl)c(OC)c3)C(=O)N2C)cc1. The summed E-state index contributed by atoms with van der Waals surface area (Å²) in [6.45, 7) is 0.302. The molecule has 9 heteroatoms. The summed E-state index contributed by atoms with van der Waals surface area (Å²) >= 11 is 7.48. The quantitative estimate of drug-likeness (QED) is 0.282. The minimum absolute atomic E-state index is 0.164. The Hall–Kier alpha value is -3.75. The lowest BCUT2D eigenvalue weighted by molar-refractivity contribution is -0.121. The van der Waals surface area contributed by atoms with Crippen LogP contribution in [0.3, 0.4) is 0 Å². The van der Waals surface area contributed by atoms with Crippen molar-refractivity contribution in [3.63, 3.8) is 0 Å². The first-order chi connectivity index (χ1) is 17.4. The molecule has 0 aliphatic carbocycles. The number of ether oxygens (including phenoxy) is 3. The average molecular weight is 523 g/mol. The van der Waals surface area contributed by atoms with Crippen molar-refractivity contribution in [2.24, 2.45) is 4.99 Å². The van der Waals surface area contributed by atoms with E-state index in [0.717, 1.165) is 11.1 Å². The first-order valence-electron chi connectivity index (χ1n) is 10.9. The van der Waals surface area contributed by atoms with Crippen molar-refractivity contribution in [2.45, 2.75) is 6.61 Å². The van der Waals surface area contributed by atoms with Crippen molar-refractivity contribution in [3.05, 3.63) is 93.3 Å². The number of esters is 1. The highest BCUT2D eigenvalue weighted by molar-refractivity contribution is 8.18. The van der Waals surface area contributed by atoms with Crippen LogP contribution in [0, 0.1) is 0 Å². The summed E-state index contributed by atoms with van der Waals surface area (Å²) in [6.07, 6.45) is 1.78. The standard InChI is InChI=1S/C27H23ClN2O5S/c1-30-25(31)24(36-27(30)29-20-11-9-18(10-12-20)26(32)34-3)15-17-8-13-22(23(14-17)33-2)35-16-19-6-4-5-7-21(19)28/h4-15H,16H2,1-3H3/b24-15-,29-27?. The van der Waals surface area contributed by atoms with E-state index in [1.165, 1.54) is 23.8 Å². The van der Waals surface area contributed by atoms with Crippen molar-refractivity contribution in [3.8, 4) is 11.5 Å². The smallest absolute Gasteiger partial charge is 0.337 e. The molecule has 0 spiro atoms. The van der Waals surface area contributed by atoms with E-state index in [-0.39, 0.29) is 5.91 Å². The zero-order chi connectivity index (χ0) is 25.7. The van der Waals surface area contributed by atoms with Crippen LogP contribution in [-0.4, -0.2) is 43.2 Å². The Labute approximate surface area is 218 Å². The summed E-state index contributed by atoms with van der Waals surface area (Å²) < 4.78 is 16.1. The van der Waals surface area contributed by atoms with Gasteiger partial charge < -0.3 is 14.2 Å². The highest BCUT2D eigenvalue weighted by Crippen LogP contribution is 2.35. The van der Waals surface area contributed by atoms with Crippen LogP contribution in [0.15, 0.2) is 76.6 Å². The minimum atomic E-state index is -0.419. The van der Waals surface area contributed by atoms with Gasteiger partial charge in [0.15, 0.2) is 16.7 Å². The van der Waals surface area contributed by atoms with E-state index in [2.05, 4.69) is 4.99 Å². The van der Waals surface area contributed by atoms with Gasteiger partial charge in [0.1, 0.15) is 6.61 Å². The second-order valence-electron chi connectivity index (χ2n) is 7.70. The summed E-state index contributed by atoms with van der Waals surface area (Å²) in [4.78, 5) is 31.0. The molecule has 1 aliphatic heterocycles. The molecule has 0 N–H and O–H groups in total. The summed E-state index contributed by atoms with van der Waals surface area (Å²) in [5.41, 5.74) is 2.70. The van der Waals surface area contributed by atoms with E-state index in [4.69, 9.17) is 25.8 Å². The zero-order valence-electron chi connectivity index (χ0n) is 19.9. The fourth-order valence-electron chi connectivity index (χ4n) is 3.37. The zero-order valence-corrected chi connectivity index (χ0v) is 21.4. The Morgan fingerprint density at radius 3 is 2.50 bits per heavy atom. The van der Waals surface area contributed by atoms with Crippen LogP contribution in [0.1, 0.15) is 21.5 Å². The summed E-state index contributed by atoms with van der Waals surface area (Å²) in [5.74, 6) is 0.528. The van der Waals surface area contributed by atoms with E-state index in [1.54, 1.807) is 50.6 Å². The van der Waals surface area contributed by atoms with Crippen LogP contribution < -0.4 is 9.47 Å². The molecule has 4 rings (SSSR count). The molecule has 36 heavy (non-hydrogen) atoms. The predicted octanol–water partition coefficient (Wildman–Crippen LogP) is 5.95. The predicted molar refractivity (Wildman–Crippen MR) is 142 cm³/mol. The molecule has 0 saturated carbocycles. The molecule has 0 bridgehead atoms. The fraction of sp³-hybridized carbons (Fsp3) is 0.148. The molecule has 3 aromatic carbocycles. The van der Waals surface area contributed by atoms with Crippen molar-refractivity contribution in [2.75, 3.05) is 21.3 Å². The summed E-state index contributed by atoms with van der Waals surface area (Å²) in [6, 6.07) is 19.6. The van der Waals surface area contributed by atoms with Crippen LogP contribution in [0.4, 0.5) is 5.69 Å². The number of hydrogen-bond acceptors (Lipinski definition) is 7. The number of rotatable bonds is 7. The lowest BCUT2D eigenvalue weighted by atomic mass is 10.2. The third-order valence-corrected chi connectivity index (χ3v) is 6.77. The number of aliphatic imine (C=N–C) groups is 1. The van der Waals surface area contributed by atoms with E-state index in [0.29, 0.717) is 44.5 Å². The van der Waals surface area contributed by atoms with Crippen LogP contribution in [0.5, 0.6) is 11.5 Å². The van der Waals surface area contributed by atoms with Gasteiger partial charge in [0.2, 0.25) is 0 Å². The van der Waals surface area contributed by atoms with Gasteiger partial charge in [0.25, 0.3) is 5.91 Å². The Bertz CT molecular complexity index is 1350. The maximum atomic E-state index is 12.8. The molecule has 0 atom stereocenters. The molecule has 1 amide bonds. The van der Waals surface area contributed by atoms with Crippen LogP contribution >= 0.6 is 23.4 Å². The largest absolute Gasteiger partial charge is 0.493 e. The first kappa shape index (κ1) is 25.3. The number of methoxy groups -OCH3 is 2. The second kappa shape index (κ2) is 11.3.